The summed E-state index contributed by atoms with van der Waals surface area (Å²) in [4.78, 5) is 8.62. The Balaban J connectivity index is 1.56. The second-order valence-electron chi connectivity index (χ2n) is 5.97. The molecular weight excluding hydrogens is 340 g/mol. The number of hydrogen-bond donors (Lipinski definition) is 2. The number of ether oxygens (including phenoxy) is 1. The number of aryl methyl sites for hydroxylation is 1. The van der Waals surface area contributed by atoms with Crippen molar-refractivity contribution in [2.24, 2.45) is 12.0 Å². The topological polar surface area (TPSA) is 76.4 Å². The van der Waals surface area contributed by atoms with Crippen LogP contribution in [0.25, 0.3) is 0 Å². The number of benzene rings is 1. The van der Waals surface area contributed by atoms with Gasteiger partial charge >= 0.3 is 0 Å². The molecule has 2 aromatic heterocycles. The highest BCUT2D eigenvalue weighted by Crippen LogP contribution is 2.15. The van der Waals surface area contributed by atoms with E-state index in [0.717, 1.165) is 16.8 Å². The van der Waals surface area contributed by atoms with E-state index in [2.05, 4.69) is 25.7 Å². The average Bonchev–Trinajstić information content (AvgIpc) is 3.13. The van der Waals surface area contributed by atoms with Crippen LogP contribution in [0.1, 0.15) is 16.8 Å². The minimum atomic E-state index is 0.484. The summed E-state index contributed by atoms with van der Waals surface area (Å²) in [6.45, 7) is 1.68. The Morgan fingerprint density at radius 2 is 1.85 bits per heavy atom. The lowest BCUT2D eigenvalue weighted by atomic mass is 10.2. The van der Waals surface area contributed by atoms with Crippen LogP contribution in [0.4, 0.5) is 0 Å². The van der Waals surface area contributed by atoms with Crippen LogP contribution in [-0.4, -0.2) is 27.8 Å². The van der Waals surface area contributed by atoms with Gasteiger partial charge < -0.3 is 15.4 Å². The number of aromatic nitrogens is 3. The van der Waals surface area contributed by atoms with Gasteiger partial charge in [-0.1, -0.05) is 36.4 Å². The molecule has 0 amide bonds. The van der Waals surface area contributed by atoms with Crippen LogP contribution in [0.5, 0.6) is 5.88 Å². The Labute approximate surface area is 159 Å². The fourth-order valence-electron chi connectivity index (χ4n) is 2.56. The first-order valence-corrected chi connectivity index (χ1v) is 8.78. The van der Waals surface area contributed by atoms with Crippen LogP contribution in [0.2, 0.25) is 0 Å². The van der Waals surface area contributed by atoms with Crippen molar-refractivity contribution >= 4 is 5.96 Å². The Kier molecular flexibility index (Phi) is 6.40. The second-order valence-corrected chi connectivity index (χ2v) is 5.97. The number of rotatable bonds is 7. The fourth-order valence-corrected chi connectivity index (χ4v) is 2.56. The molecule has 1 aromatic carbocycles. The minimum absolute atomic E-state index is 0.484. The van der Waals surface area contributed by atoms with Crippen molar-refractivity contribution in [2.75, 3.05) is 7.05 Å². The molecule has 7 nitrogen and oxygen atoms in total. The molecule has 2 heterocycles. The van der Waals surface area contributed by atoms with Gasteiger partial charge in [-0.2, -0.15) is 5.10 Å². The Morgan fingerprint density at radius 3 is 2.59 bits per heavy atom. The van der Waals surface area contributed by atoms with Gasteiger partial charge in [-0.05, 0) is 17.7 Å². The lowest BCUT2D eigenvalue weighted by Gasteiger charge is -2.14. The summed E-state index contributed by atoms with van der Waals surface area (Å²) in [5.41, 5.74) is 3.15. The molecule has 0 saturated carbocycles. The molecule has 0 aliphatic carbocycles. The zero-order chi connectivity index (χ0) is 18.9. The maximum atomic E-state index is 5.90. The maximum absolute atomic E-state index is 5.90. The van der Waals surface area contributed by atoms with Crippen molar-refractivity contribution < 1.29 is 4.74 Å². The van der Waals surface area contributed by atoms with Gasteiger partial charge in [0.1, 0.15) is 6.61 Å². The summed E-state index contributed by atoms with van der Waals surface area (Å²) < 4.78 is 7.73. The van der Waals surface area contributed by atoms with Crippen LogP contribution < -0.4 is 15.4 Å². The highest BCUT2D eigenvalue weighted by Gasteiger charge is 2.07. The number of nitrogens with zero attached hydrogens (tertiary/aromatic N) is 4. The third-order valence-corrected chi connectivity index (χ3v) is 4.10. The largest absolute Gasteiger partial charge is 0.473 e. The van der Waals surface area contributed by atoms with E-state index in [-0.39, 0.29) is 0 Å². The molecule has 2 N–H and O–H groups in total. The minimum Gasteiger partial charge on any atom is -0.473 e. The molecule has 0 radical (unpaired) electrons. The Bertz CT molecular complexity index is 875. The first-order valence-electron chi connectivity index (χ1n) is 8.78. The molecule has 0 aliphatic rings. The Hall–Kier alpha value is -3.35. The van der Waals surface area contributed by atoms with Crippen LogP contribution >= 0.6 is 0 Å². The first kappa shape index (κ1) is 18.4. The van der Waals surface area contributed by atoms with Gasteiger partial charge in [0, 0.05) is 38.6 Å². The van der Waals surface area contributed by atoms with Gasteiger partial charge in [-0.15, -0.1) is 0 Å². The maximum Gasteiger partial charge on any atom is 0.218 e. The summed E-state index contributed by atoms with van der Waals surface area (Å²) in [6.07, 6.45) is 3.51. The van der Waals surface area contributed by atoms with E-state index in [1.807, 2.05) is 60.3 Å². The number of guanidine groups is 1. The summed E-state index contributed by atoms with van der Waals surface area (Å²) in [5, 5.41) is 10.7. The van der Waals surface area contributed by atoms with Crippen molar-refractivity contribution in [1.82, 2.24) is 25.4 Å². The van der Waals surface area contributed by atoms with Crippen molar-refractivity contribution in [3.63, 3.8) is 0 Å². The molecule has 0 fully saturated rings. The smallest absolute Gasteiger partial charge is 0.218 e. The molecule has 140 valence electrons. The molecule has 0 spiro atoms. The molecule has 7 heteroatoms. The van der Waals surface area contributed by atoms with E-state index < -0.39 is 0 Å². The SMILES string of the molecule is CN=C(NCc1cccnc1OCc1ccccc1)NCc1ccnn1C. The quantitative estimate of drug-likeness (QED) is 0.497. The van der Waals surface area contributed by atoms with Crippen LogP contribution in [0.15, 0.2) is 65.9 Å². The fraction of sp³-hybridized carbons (Fsp3) is 0.250. The Morgan fingerprint density at radius 1 is 1.04 bits per heavy atom. The highest BCUT2D eigenvalue weighted by atomic mass is 16.5. The normalized spacial score (nSPS) is 11.3. The zero-order valence-electron chi connectivity index (χ0n) is 15.6. The van der Waals surface area contributed by atoms with E-state index in [9.17, 15) is 0 Å². The monoisotopic (exact) mass is 364 g/mol. The van der Waals surface area contributed by atoms with Crippen LogP contribution in [0, 0.1) is 0 Å². The van der Waals surface area contributed by atoms with Gasteiger partial charge in [0.15, 0.2) is 5.96 Å². The molecule has 3 rings (SSSR count). The molecule has 27 heavy (non-hydrogen) atoms. The molecule has 0 saturated heterocycles. The molecule has 3 aromatic rings. The van der Waals surface area contributed by atoms with E-state index in [1.54, 1.807) is 19.4 Å². The number of nitrogens with one attached hydrogen (secondary N) is 2. The first-order chi connectivity index (χ1) is 13.3. The standard InChI is InChI=1S/C20H24N6O/c1-21-20(24-14-18-10-12-25-26(18)2)23-13-17-9-6-11-22-19(17)27-15-16-7-4-3-5-8-16/h3-12H,13-15H2,1-2H3,(H2,21,23,24). The van der Waals surface area contributed by atoms with Crippen molar-refractivity contribution in [3.8, 4) is 5.88 Å². The van der Waals surface area contributed by atoms with Gasteiger partial charge in [0.2, 0.25) is 5.88 Å². The number of aliphatic imine (C=N–C) groups is 1. The summed E-state index contributed by atoms with van der Waals surface area (Å²) in [5.74, 6) is 1.32. The molecular formula is C20H24N6O. The van der Waals surface area contributed by atoms with Gasteiger partial charge in [0.25, 0.3) is 0 Å². The molecule has 0 aliphatic heterocycles. The second kappa shape index (κ2) is 9.38. The van der Waals surface area contributed by atoms with E-state index >= 15 is 0 Å². The zero-order valence-corrected chi connectivity index (χ0v) is 15.6. The van der Waals surface area contributed by atoms with Gasteiger partial charge in [-0.25, -0.2) is 4.98 Å². The van der Waals surface area contributed by atoms with Crippen molar-refractivity contribution in [3.05, 3.63) is 77.7 Å². The highest BCUT2D eigenvalue weighted by molar-refractivity contribution is 5.79. The third-order valence-electron chi connectivity index (χ3n) is 4.10. The van der Waals surface area contributed by atoms with Crippen LogP contribution in [-0.2, 0) is 26.7 Å². The lowest BCUT2D eigenvalue weighted by Crippen LogP contribution is -2.36. The number of hydrogen-bond acceptors (Lipinski definition) is 4. The van der Waals surface area contributed by atoms with Gasteiger partial charge in [-0.3, -0.25) is 9.67 Å². The predicted octanol–water partition coefficient (Wildman–Crippen LogP) is 2.26. The van der Waals surface area contributed by atoms with Crippen molar-refractivity contribution in [2.45, 2.75) is 19.7 Å². The molecule has 0 bridgehead atoms. The third kappa shape index (κ3) is 5.31. The number of pyridine rings is 1. The van der Waals surface area contributed by atoms with Gasteiger partial charge in [0.05, 0.1) is 12.2 Å². The summed E-state index contributed by atoms with van der Waals surface area (Å²) >= 11 is 0. The summed E-state index contributed by atoms with van der Waals surface area (Å²) in [6, 6.07) is 15.9. The summed E-state index contributed by atoms with van der Waals surface area (Å²) in [7, 11) is 3.66. The molecule has 0 unspecified atom stereocenters. The van der Waals surface area contributed by atoms with E-state index in [0.29, 0.717) is 31.5 Å². The average molecular weight is 364 g/mol. The lowest BCUT2D eigenvalue weighted by molar-refractivity contribution is 0.290. The molecule has 0 atom stereocenters. The van der Waals surface area contributed by atoms with E-state index in [1.165, 1.54) is 0 Å². The van der Waals surface area contributed by atoms with Crippen molar-refractivity contribution in [1.29, 1.82) is 0 Å². The predicted molar refractivity (Wildman–Crippen MR) is 105 cm³/mol. The van der Waals surface area contributed by atoms with Crippen LogP contribution in [0.3, 0.4) is 0 Å². The van der Waals surface area contributed by atoms with E-state index in [4.69, 9.17) is 4.74 Å².